The predicted molar refractivity (Wildman–Crippen MR) is 84.4 cm³/mol. The van der Waals surface area contributed by atoms with Crippen LogP contribution in [-0.4, -0.2) is 25.6 Å². The zero-order chi connectivity index (χ0) is 14.0. The molecule has 20 heavy (non-hydrogen) atoms. The summed E-state index contributed by atoms with van der Waals surface area (Å²) in [5.74, 6) is 0.992. The van der Waals surface area contributed by atoms with Crippen molar-refractivity contribution >= 4 is 5.96 Å². The summed E-state index contributed by atoms with van der Waals surface area (Å²) in [4.78, 5) is 4.51. The summed E-state index contributed by atoms with van der Waals surface area (Å²) in [5.41, 5.74) is 4.60. The summed E-state index contributed by atoms with van der Waals surface area (Å²) in [6, 6.07) is 6.96. The van der Waals surface area contributed by atoms with Crippen LogP contribution in [0.15, 0.2) is 23.2 Å². The van der Waals surface area contributed by atoms with Gasteiger partial charge < -0.3 is 10.6 Å². The van der Waals surface area contributed by atoms with Gasteiger partial charge in [0.2, 0.25) is 0 Å². The van der Waals surface area contributed by atoms with Crippen molar-refractivity contribution in [2.75, 3.05) is 19.6 Å². The fraction of sp³-hybridized carbons (Fsp3) is 0.588. The Morgan fingerprint density at radius 2 is 2.05 bits per heavy atom. The van der Waals surface area contributed by atoms with Gasteiger partial charge in [0.05, 0.1) is 0 Å². The molecule has 3 nitrogen and oxygen atoms in total. The Morgan fingerprint density at radius 3 is 2.65 bits per heavy atom. The molecule has 0 bridgehead atoms. The summed E-state index contributed by atoms with van der Waals surface area (Å²) in [6.45, 7) is 7.40. The van der Waals surface area contributed by atoms with Crippen molar-refractivity contribution in [3.05, 3.63) is 34.9 Å². The number of rotatable bonds is 3. The van der Waals surface area contributed by atoms with Gasteiger partial charge in [0.15, 0.2) is 5.96 Å². The van der Waals surface area contributed by atoms with Crippen molar-refractivity contribution in [3.63, 3.8) is 0 Å². The molecular formula is C17H25N3. The average Bonchev–Trinajstić information content (AvgIpc) is 2.42. The molecule has 1 saturated carbocycles. The molecule has 2 aliphatic rings. The zero-order valence-electron chi connectivity index (χ0n) is 12.6. The van der Waals surface area contributed by atoms with E-state index in [1.807, 2.05) is 0 Å². The molecule has 0 radical (unpaired) electrons. The van der Waals surface area contributed by atoms with Crippen LogP contribution < -0.4 is 10.6 Å². The fourth-order valence-electron chi connectivity index (χ4n) is 3.15. The minimum atomic E-state index is 0.320. The van der Waals surface area contributed by atoms with E-state index in [-0.39, 0.29) is 0 Å². The third-order valence-electron chi connectivity index (χ3n) is 4.92. The summed E-state index contributed by atoms with van der Waals surface area (Å²) in [7, 11) is 0. The smallest absolute Gasteiger partial charge is 0.191 e. The Labute approximate surface area is 121 Å². The first-order chi connectivity index (χ1) is 9.70. The van der Waals surface area contributed by atoms with Gasteiger partial charge in [-0.1, -0.05) is 24.6 Å². The first-order valence-corrected chi connectivity index (χ1v) is 7.80. The van der Waals surface area contributed by atoms with Gasteiger partial charge in [0.25, 0.3) is 0 Å². The molecule has 0 atom stereocenters. The van der Waals surface area contributed by atoms with Crippen LogP contribution in [0.25, 0.3) is 0 Å². The fourth-order valence-corrected chi connectivity index (χ4v) is 3.15. The number of aliphatic imine (C=N–C) groups is 1. The number of hydrogen-bond acceptors (Lipinski definition) is 3. The third kappa shape index (κ3) is 2.54. The maximum atomic E-state index is 4.51. The monoisotopic (exact) mass is 271 g/mol. The van der Waals surface area contributed by atoms with E-state index in [1.54, 1.807) is 0 Å². The Kier molecular flexibility index (Phi) is 3.68. The third-order valence-corrected chi connectivity index (χ3v) is 4.92. The van der Waals surface area contributed by atoms with Crippen LogP contribution in [0, 0.1) is 13.8 Å². The van der Waals surface area contributed by atoms with Crippen molar-refractivity contribution in [1.82, 2.24) is 10.6 Å². The quantitative estimate of drug-likeness (QED) is 0.886. The lowest BCUT2D eigenvalue weighted by Crippen LogP contribution is -2.50. The topological polar surface area (TPSA) is 36.4 Å². The molecule has 3 heteroatoms. The zero-order valence-corrected chi connectivity index (χ0v) is 12.6. The second-order valence-electron chi connectivity index (χ2n) is 6.30. The Morgan fingerprint density at radius 1 is 1.20 bits per heavy atom. The van der Waals surface area contributed by atoms with Gasteiger partial charge in [-0.25, -0.2) is 0 Å². The highest BCUT2D eigenvalue weighted by Gasteiger charge is 2.38. The van der Waals surface area contributed by atoms with Crippen LogP contribution in [0.5, 0.6) is 0 Å². The predicted octanol–water partition coefficient (Wildman–Crippen LogP) is 2.66. The molecule has 1 fully saturated rings. The SMILES string of the molecule is Cc1ccc(C2(CNC3=NCCCN3)CCC2)cc1C. The second kappa shape index (κ2) is 5.47. The molecule has 3 rings (SSSR count). The number of hydrogen-bond donors (Lipinski definition) is 2. The van der Waals surface area contributed by atoms with E-state index in [1.165, 1.54) is 36.0 Å². The number of aryl methyl sites for hydroxylation is 2. The average molecular weight is 271 g/mol. The normalized spacial score (nSPS) is 20.6. The van der Waals surface area contributed by atoms with Gasteiger partial charge in [-0.2, -0.15) is 0 Å². The first-order valence-electron chi connectivity index (χ1n) is 7.80. The van der Waals surface area contributed by atoms with E-state index >= 15 is 0 Å². The highest BCUT2D eigenvalue weighted by Crippen LogP contribution is 2.43. The van der Waals surface area contributed by atoms with Crippen molar-refractivity contribution in [2.24, 2.45) is 4.99 Å². The lowest BCUT2D eigenvalue weighted by Gasteiger charge is -2.43. The minimum Gasteiger partial charge on any atom is -0.356 e. The van der Waals surface area contributed by atoms with Crippen molar-refractivity contribution in [3.8, 4) is 0 Å². The Bertz CT molecular complexity index is 515. The van der Waals surface area contributed by atoms with Gasteiger partial charge in [0.1, 0.15) is 0 Å². The highest BCUT2D eigenvalue weighted by molar-refractivity contribution is 5.80. The number of guanidine groups is 1. The van der Waals surface area contributed by atoms with Crippen molar-refractivity contribution < 1.29 is 0 Å². The molecule has 1 aromatic rings. The summed E-state index contributed by atoms with van der Waals surface area (Å²) in [6.07, 6.45) is 5.06. The van der Waals surface area contributed by atoms with Crippen LogP contribution >= 0.6 is 0 Å². The summed E-state index contributed by atoms with van der Waals surface area (Å²) < 4.78 is 0. The Hall–Kier alpha value is -1.51. The van der Waals surface area contributed by atoms with Gasteiger partial charge in [-0.15, -0.1) is 0 Å². The van der Waals surface area contributed by atoms with E-state index in [4.69, 9.17) is 0 Å². The molecule has 0 spiro atoms. The summed E-state index contributed by atoms with van der Waals surface area (Å²) in [5, 5.41) is 6.89. The molecule has 1 aromatic carbocycles. The van der Waals surface area contributed by atoms with E-state index in [9.17, 15) is 0 Å². The van der Waals surface area contributed by atoms with E-state index in [0.717, 1.165) is 32.0 Å². The molecular weight excluding hydrogens is 246 g/mol. The number of nitrogens with one attached hydrogen (secondary N) is 2. The molecule has 1 heterocycles. The van der Waals surface area contributed by atoms with Gasteiger partial charge in [0, 0.05) is 25.0 Å². The largest absolute Gasteiger partial charge is 0.356 e. The van der Waals surface area contributed by atoms with Crippen LogP contribution in [-0.2, 0) is 5.41 Å². The molecule has 0 aromatic heterocycles. The lowest BCUT2D eigenvalue weighted by atomic mass is 9.64. The molecule has 0 unspecified atom stereocenters. The number of benzene rings is 1. The van der Waals surface area contributed by atoms with Crippen LogP contribution in [0.3, 0.4) is 0 Å². The van der Waals surface area contributed by atoms with Crippen LogP contribution in [0.1, 0.15) is 42.4 Å². The van der Waals surface area contributed by atoms with Gasteiger partial charge in [-0.3, -0.25) is 4.99 Å². The lowest BCUT2D eigenvalue weighted by molar-refractivity contribution is 0.243. The number of nitrogens with zero attached hydrogens (tertiary/aromatic N) is 1. The molecule has 0 saturated heterocycles. The molecule has 1 aliphatic carbocycles. The van der Waals surface area contributed by atoms with E-state index < -0.39 is 0 Å². The van der Waals surface area contributed by atoms with Crippen LogP contribution in [0.2, 0.25) is 0 Å². The van der Waals surface area contributed by atoms with Gasteiger partial charge in [-0.05, 0) is 49.8 Å². The van der Waals surface area contributed by atoms with Crippen molar-refractivity contribution in [2.45, 2.75) is 44.9 Å². The summed E-state index contributed by atoms with van der Waals surface area (Å²) >= 11 is 0. The highest BCUT2D eigenvalue weighted by atomic mass is 15.2. The minimum absolute atomic E-state index is 0.320. The van der Waals surface area contributed by atoms with Crippen molar-refractivity contribution in [1.29, 1.82) is 0 Å². The molecule has 0 amide bonds. The molecule has 108 valence electrons. The van der Waals surface area contributed by atoms with Crippen LogP contribution in [0.4, 0.5) is 0 Å². The second-order valence-corrected chi connectivity index (χ2v) is 6.30. The standard InChI is InChI=1S/C17H25N3/c1-13-5-6-15(11-14(13)2)17(7-3-8-17)12-20-16-18-9-4-10-19-16/h5-6,11H,3-4,7-10,12H2,1-2H3,(H2,18,19,20). The molecule has 2 N–H and O–H groups in total. The Balaban J connectivity index is 1.73. The maximum Gasteiger partial charge on any atom is 0.191 e. The maximum absolute atomic E-state index is 4.51. The first kappa shape index (κ1) is 13.5. The van der Waals surface area contributed by atoms with E-state index in [0.29, 0.717) is 5.41 Å². The van der Waals surface area contributed by atoms with Gasteiger partial charge >= 0.3 is 0 Å². The van der Waals surface area contributed by atoms with E-state index in [2.05, 4.69) is 47.7 Å². The molecule has 1 aliphatic heterocycles.